The molecule has 0 aliphatic carbocycles. The fraction of sp³-hybridized carbons (Fsp3) is 0. The number of hydrogen-bond donors (Lipinski definition) is 1. The van der Waals surface area contributed by atoms with Gasteiger partial charge in [0, 0.05) is 5.56 Å². The fourth-order valence-electron chi connectivity index (χ4n) is 0.871. The zero-order chi connectivity index (χ0) is 7.52. The number of nitrogens with zero attached hydrogens (tertiary/aromatic N) is 3. The highest BCUT2D eigenvalue weighted by molar-refractivity contribution is 5.85. The summed E-state index contributed by atoms with van der Waals surface area (Å²) in [6, 6.07) is 9.69. The predicted octanol–water partition coefficient (Wildman–Crippen LogP) is 1.29. The second-order valence-corrected chi connectivity index (χ2v) is 2.10. The smallest absolute Gasteiger partial charge is 0.177 e. The van der Waals surface area contributed by atoms with E-state index < -0.39 is 0 Å². The Morgan fingerprint density at radius 3 is 2.42 bits per heavy atom. The molecular weight excluding hydrogens is 176 g/mol. The molecule has 2 rings (SSSR count). The first-order chi connectivity index (χ1) is 5.47. The summed E-state index contributed by atoms with van der Waals surface area (Å²) in [6.45, 7) is 0. The van der Waals surface area contributed by atoms with Gasteiger partial charge in [-0.15, -0.1) is 22.6 Å². The summed E-state index contributed by atoms with van der Waals surface area (Å²) in [4.78, 5) is 0. The maximum atomic E-state index is 3.84. The Bertz CT molecular complexity index is 318. The van der Waals surface area contributed by atoms with Crippen LogP contribution < -0.4 is 0 Å². The fourth-order valence-corrected chi connectivity index (χ4v) is 0.871. The molecule has 0 bridgehead atoms. The average Bonchev–Trinajstić information content (AvgIpc) is 2.58. The Kier molecular flexibility index (Phi) is 2.76. The molecule has 12 heavy (non-hydrogen) atoms. The largest absolute Gasteiger partial charge is 0.204 e. The van der Waals surface area contributed by atoms with E-state index in [9.17, 15) is 0 Å². The number of rotatable bonds is 1. The third kappa shape index (κ3) is 1.60. The van der Waals surface area contributed by atoms with Crippen molar-refractivity contribution in [3.8, 4) is 11.4 Å². The quantitative estimate of drug-likeness (QED) is 0.723. The number of H-pyrrole nitrogens is 1. The monoisotopic (exact) mass is 182 g/mol. The van der Waals surface area contributed by atoms with Crippen LogP contribution in [-0.4, -0.2) is 20.6 Å². The van der Waals surface area contributed by atoms with E-state index in [1.807, 2.05) is 30.3 Å². The number of aromatic amines is 1. The number of aromatic nitrogens is 4. The summed E-state index contributed by atoms with van der Waals surface area (Å²) >= 11 is 0. The van der Waals surface area contributed by atoms with Gasteiger partial charge in [-0.2, -0.15) is 5.21 Å². The van der Waals surface area contributed by atoms with Gasteiger partial charge in [0.25, 0.3) is 0 Å². The average molecular weight is 183 g/mol. The minimum Gasteiger partial charge on any atom is -0.177 e. The van der Waals surface area contributed by atoms with Crippen molar-refractivity contribution in [2.75, 3.05) is 0 Å². The molecule has 0 fully saturated rings. The highest BCUT2D eigenvalue weighted by Gasteiger charge is 1.98. The molecule has 0 amide bonds. The van der Waals surface area contributed by atoms with Crippen LogP contribution in [0.5, 0.6) is 0 Å². The lowest BCUT2D eigenvalue weighted by Gasteiger charge is -1.89. The summed E-state index contributed by atoms with van der Waals surface area (Å²) in [7, 11) is 0. The summed E-state index contributed by atoms with van der Waals surface area (Å²) in [5.74, 6) is 0.630. The third-order valence-electron chi connectivity index (χ3n) is 1.38. The molecule has 62 valence electrons. The van der Waals surface area contributed by atoms with Crippen LogP contribution in [0.15, 0.2) is 30.3 Å². The van der Waals surface area contributed by atoms with Gasteiger partial charge in [-0.3, -0.25) is 0 Å². The van der Waals surface area contributed by atoms with Gasteiger partial charge >= 0.3 is 0 Å². The van der Waals surface area contributed by atoms with Gasteiger partial charge in [0.15, 0.2) is 0 Å². The van der Waals surface area contributed by atoms with Crippen LogP contribution in [0.25, 0.3) is 11.4 Å². The minimum absolute atomic E-state index is 0. The van der Waals surface area contributed by atoms with Crippen molar-refractivity contribution < 1.29 is 0 Å². The summed E-state index contributed by atoms with van der Waals surface area (Å²) in [5.41, 5.74) is 0.973. The first-order valence-electron chi connectivity index (χ1n) is 3.26. The molecule has 0 unspecified atom stereocenters. The van der Waals surface area contributed by atoms with E-state index in [0.29, 0.717) is 5.82 Å². The molecule has 5 heteroatoms. The summed E-state index contributed by atoms with van der Waals surface area (Å²) in [6.07, 6.45) is 0. The lowest BCUT2D eigenvalue weighted by Crippen LogP contribution is -1.78. The SMILES string of the molecule is Cl.c1ccc(-c2nn[nH]n2)cc1. The van der Waals surface area contributed by atoms with Gasteiger partial charge in [0.1, 0.15) is 0 Å². The van der Waals surface area contributed by atoms with E-state index >= 15 is 0 Å². The lowest BCUT2D eigenvalue weighted by molar-refractivity contribution is 0.881. The number of halogens is 1. The molecule has 1 aromatic heterocycles. The zero-order valence-electron chi connectivity index (χ0n) is 6.14. The zero-order valence-corrected chi connectivity index (χ0v) is 6.95. The first kappa shape index (κ1) is 8.67. The lowest BCUT2D eigenvalue weighted by atomic mass is 10.2. The van der Waals surface area contributed by atoms with Gasteiger partial charge in [-0.1, -0.05) is 30.3 Å². The van der Waals surface area contributed by atoms with E-state index in [2.05, 4.69) is 20.6 Å². The molecule has 1 aromatic carbocycles. The summed E-state index contributed by atoms with van der Waals surface area (Å²) < 4.78 is 0. The Labute approximate surface area is 75.4 Å². The number of hydrogen-bond acceptors (Lipinski definition) is 3. The maximum absolute atomic E-state index is 3.84. The molecule has 1 heterocycles. The number of tetrazole rings is 1. The van der Waals surface area contributed by atoms with Crippen molar-refractivity contribution in [1.82, 2.24) is 20.6 Å². The van der Waals surface area contributed by atoms with Crippen LogP contribution in [0.3, 0.4) is 0 Å². The highest BCUT2D eigenvalue weighted by atomic mass is 35.5. The van der Waals surface area contributed by atoms with E-state index in [1.54, 1.807) is 0 Å². The molecule has 2 aromatic rings. The van der Waals surface area contributed by atoms with Crippen LogP contribution in [0.1, 0.15) is 0 Å². The molecule has 0 spiro atoms. The summed E-state index contributed by atoms with van der Waals surface area (Å²) in [5, 5.41) is 13.5. The van der Waals surface area contributed by atoms with Gasteiger partial charge in [0.05, 0.1) is 0 Å². The molecule has 0 radical (unpaired) electrons. The Balaban J connectivity index is 0.000000720. The molecule has 1 N–H and O–H groups in total. The van der Waals surface area contributed by atoms with E-state index in [1.165, 1.54) is 0 Å². The second kappa shape index (κ2) is 3.82. The molecule has 0 saturated heterocycles. The minimum atomic E-state index is 0. The van der Waals surface area contributed by atoms with Crippen molar-refractivity contribution >= 4 is 12.4 Å². The van der Waals surface area contributed by atoms with Gasteiger partial charge < -0.3 is 0 Å². The number of nitrogens with one attached hydrogen (secondary N) is 1. The Morgan fingerprint density at radius 1 is 1.08 bits per heavy atom. The normalized spacial score (nSPS) is 9.00. The third-order valence-corrected chi connectivity index (χ3v) is 1.38. The predicted molar refractivity (Wildman–Crippen MR) is 46.9 cm³/mol. The van der Waals surface area contributed by atoms with Crippen molar-refractivity contribution in [2.45, 2.75) is 0 Å². The van der Waals surface area contributed by atoms with Crippen molar-refractivity contribution in [2.24, 2.45) is 0 Å². The van der Waals surface area contributed by atoms with Crippen LogP contribution >= 0.6 is 12.4 Å². The Morgan fingerprint density at radius 2 is 1.83 bits per heavy atom. The Hall–Kier alpha value is -1.42. The van der Waals surface area contributed by atoms with Gasteiger partial charge in [-0.05, 0) is 5.21 Å². The van der Waals surface area contributed by atoms with Crippen molar-refractivity contribution in [3.05, 3.63) is 30.3 Å². The molecule has 0 aliphatic heterocycles. The van der Waals surface area contributed by atoms with Gasteiger partial charge in [-0.25, -0.2) is 0 Å². The van der Waals surface area contributed by atoms with Crippen molar-refractivity contribution in [1.29, 1.82) is 0 Å². The van der Waals surface area contributed by atoms with Crippen LogP contribution in [-0.2, 0) is 0 Å². The van der Waals surface area contributed by atoms with E-state index in [-0.39, 0.29) is 12.4 Å². The van der Waals surface area contributed by atoms with Gasteiger partial charge in [0.2, 0.25) is 5.82 Å². The molecule has 4 nitrogen and oxygen atoms in total. The number of benzene rings is 1. The molecule has 0 saturated carbocycles. The van der Waals surface area contributed by atoms with Crippen LogP contribution in [0, 0.1) is 0 Å². The maximum Gasteiger partial charge on any atom is 0.204 e. The second-order valence-electron chi connectivity index (χ2n) is 2.10. The molecule has 0 atom stereocenters. The van der Waals surface area contributed by atoms with E-state index in [4.69, 9.17) is 0 Å². The first-order valence-corrected chi connectivity index (χ1v) is 3.26. The standard InChI is InChI=1S/C7H6N4.ClH/c1-2-4-6(5-3-1)7-8-10-11-9-7;/h1-5H,(H,8,9,10,11);1H. The molecular formula is C7H7ClN4. The highest BCUT2D eigenvalue weighted by Crippen LogP contribution is 2.10. The van der Waals surface area contributed by atoms with Crippen LogP contribution in [0.2, 0.25) is 0 Å². The topological polar surface area (TPSA) is 54.5 Å². The molecule has 0 aliphatic rings. The van der Waals surface area contributed by atoms with Crippen LogP contribution in [0.4, 0.5) is 0 Å². The van der Waals surface area contributed by atoms with Crippen molar-refractivity contribution in [3.63, 3.8) is 0 Å². The van der Waals surface area contributed by atoms with E-state index in [0.717, 1.165) is 5.56 Å².